The minimum atomic E-state index is -4.24. The summed E-state index contributed by atoms with van der Waals surface area (Å²) < 4.78 is 47.8. The van der Waals surface area contributed by atoms with Crippen LogP contribution in [0.25, 0.3) is 0 Å². The van der Waals surface area contributed by atoms with Gasteiger partial charge in [-0.05, 0) is 27.2 Å². The molecule has 0 aromatic carbocycles. The average Bonchev–Trinajstić information content (AvgIpc) is 2.94. The maximum atomic E-state index is 12.4. The first-order chi connectivity index (χ1) is 9.47. The highest BCUT2D eigenvalue weighted by Gasteiger charge is 2.58. The van der Waals surface area contributed by atoms with Crippen LogP contribution < -0.4 is 0 Å². The SMILES string of the molecule is CC1CN(C(=O)OC(C)(C)C)N=C1O[C@@H]1C[C@@H]1C(F)(F)F. The van der Waals surface area contributed by atoms with E-state index in [0.29, 0.717) is 0 Å². The molecular formula is C13H19F3N2O3. The van der Waals surface area contributed by atoms with E-state index in [9.17, 15) is 18.0 Å². The minimum Gasteiger partial charge on any atom is -0.475 e. The van der Waals surface area contributed by atoms with E-state index < -0.39 is 29.9 Å². The van der Waals surface area contributed by atoms with Gasteiger partial charge >= 0.3 is 12.3 Å². The number of carbonyl (C=O) groups is 1. The van der Waals surface area contributed by atoms with Crippen molar-refractivity contribution in [2.24, 2.45) is 16.9 Å². The van der Waals surface area contributed by atoms with Crippen molar-refractivity contribution in [2.45, 2.75) is 52.0 Å². The summed E-state index contributed by atoms with van der Waals surface area (Å²) in [5, 5.41) is 5.03. The van der Waals surface area contributed by atoms with Gasteiger partial charge in [0.2, 0.25) is 5.90 Å². The molecule has 0 aromatic rings. The smallest absolute Gasteiger partial charge is 0.431 e. The predicted octanol–water partition coefficient (Wildman–Crippen LogP) is 3.15. The molecule has 1 unspecified atom stereocenters. The quantitative estimate of drug-likeness (QED) is 0.747. The molecule has 1 aliphatic heterocycles. The van der Waals surface area contributed by atoms with E-state index in [0.717, 1.165) is 5.01 Å². The second-order valence-electron chi connectivity index (χ2n) is 6.44. The van der Waals surface area contributed by atoms with Crippen molar-refractivity contribution in [3.63, 3.8) is 0 Å². The van der Waals surface area contributed by atoms with Crippen LogP contribution in [-0.4, -0.2) is 41.4 Å². The van der Waals surface area contributed by atoms with E-state index in [1.54, 1.807) is 27.7 Å². The first-order valence-corrected chi connectivity index (χ1v) is 6.80. The molecule has 0 radical (unpaired) electrons. The Labute approximate surface area is 121 Å². The van der Waals surface area contributed by atoms with Crippen molar-refractivity contribution in [3.05, 3.63) is 0 Å². The summed E-state index contributed by atoms with van der Waals surface area (Å²) in [6, 6.07) is 0. The maximum Gasteiger partial charge on any atom is 0.431 e. The number of halogens is 3. The lowest BCUT2D eigenvalue weighted by Gasteiger charge is -2.22. The summed E-state index contributed by atoms with van der Waals surface area (Å²) in [5.74, 6) is -1.51. The molecule has 1 aliphatic carbocycles. The molecule has 1 heterocycles. The number of hydrogen-bond acceptors (Lipinski definition) is 4. The van der Waals surface area contributed by atoms with Crippen LogP contribution in [0.4, 0.5) is 18.0 Å². The molecule has 8 heteroatoms. The first-order valence-electron chi connectivity index (χ1n) is 6.80. The zero-order chi connectivity index (χ0) is 16.0. The third-order valence-corrected chi connectivity index (χ3v) is 3.12. The van der Waals surface area contributed by atoms with E-state index in [4.69, 9.17) is 9.47 Å². The Morgan fingerprint density at radius 3 is 2.43 bits per heavy atom. The third kappa shape index (κ3) is 4.01. The molecule has 1 amide bonds. The zero-order valence-electron chi connectivity index (χ0n) is 12.4. The Kier molecular flexibility index (Phi) is 3.84. The van der Waals surface area contributed by atoms with Crippen LogP contribution in [0.5, 0.6) is 0 Å². The fourth-order valence-electron chi connectivity index (χ4n) is 1.97. The Hall–Kier alpha value is -1.47. The van der Waals surface area contributed by atoms with Gasteiger partial charge in [-0.15, -0.1) is 5.10 Å². The lowest BCUT2D eigenvalue weighted by atomic mass is 10.2. The fourth-order valence-corrected chi connectivity index (χ4v) is 1.97. The summed E-state index contributed by atoms with van der Waals surface area (Å²) in [6.07, 6.45) is -5.81. The molecule has 2 rings (SSSR count). The van der Waals surface area contributed by atoms with Crippen molar-refractivity contribution in [1.29, 1.82) is 0 Å². The Morgan fingerprint density at radius 2 is 1.95 bits per heavy atom. The van der Waals surface area contributed by atoms with Crippen molar-refractivity contribution in [1.82, 2.24) is 5.01 Å². The normalized spacial score (nSPS) is 29.2. The van der Waals surface area contributed by atoms with Crippen LogP contribution in [0.3, 0.4) is 0 Å². The highest BCUT2D eigenvalue weighted by molar-refractivity contribution is 5.83. The topological polar surface area (TPSA) is 51.1 Å². The number of rotatable bonds is 1. The highest BCUT2D eigenvalue weighted by Crippen LogP contribution is 2.47. The molecule has 0 bridgehead atoms. The standard InChI is InChI=1S/C13H19F3N2O3/c1-7-6-18(11(19)21-12(2,3)4)17-10(7)20-9-5-8(9)13(14,15)16/h7-9H,5-6H2,1-4H3/t7?,8-,9+/m0/s1. The highest BCUT2D eigenvalue weighted by atomic mass is 19.4. The van der Waals surface area contributed by atoms with Crippen molar-refractivity contribution < 1.29 is 27.4 Å². The largest absolute Gasteiger partial charge is 0.475 e. The zero-order valence-corrected chi connectivity index (χ0v) is 12.4. The van der Waals surface area contributed by atoms with Gasteiger partial charge in [-0.3, -0.25) is 0 Å². The summed E-state index contributed by atoms with van der Waals surface area (Å²) in [6.45, 7) is 7.17. The number of hydrazone groups is 1. The van der Waals surface area contributed by atoms with Gasteiger partial charge in [0.25, 0.3) is 0 Å². The number of carbonyl (C=O) groups excluding carboxylic acids is 1. The van der Waals surface area contributed by atoms with Crippen molar-refractivity contribution in [2.75, 3.05) is 6.54 Å². The first kappa shape index (κ1) is 15.9. The van der Waals surface area contributed by atoms with E-state index >= 15 is 0 Å². The maximum absolute atomic E-state index is 12.4. The molecule has 2 aliphatic rings. The van der Waals surface area contributed by atoms with E-state index in [1.165, 1.54) is 0 Å². The number of alkyl halides is 3. The molecule has 120 valence electrons. The van der Waals surface area contributed by atoms with Crippen LogP contribution in [0.1, 0.15) is 34.1 Å². The van der Waals surface area contributed by atoms with Gasteiger partial charge in [-0.25, -0.2) is 4.79 Å². The van der Waals surface area contributed by atoms with E-state index in [-0.39, 0.29) is 24.8 Å². The lowest BCUT2D eigenvalue weighted by Crippen LogP contribution is -2.33. The Balaban J connectivity index is 1.93. The van der Waals surface area contributed by atoms with Crippen molar-refractivity contribution in [3.8, 4) is 0 Å². The monoisotopic (exact) mass is 308 g/mol. The third-order valence-electron chi connectivity index (χ3n) is 3.12. The van der Waals surface area contributed by atoms with Crippen LogP contribution in [-0.2, 0) is 9.47 Å². The molecule has 1 fully saturated rings. The summed E-state index contributed by atoms with van der Waals surface area (Å²) in [7, 11) is 0. The number of amides is 1. The molecule has 21 heavy (non-hydrogen) atoms. The summed E-state index contributed by atoms with van der Waals surface area (Å²) in [5.41, 5.74) is -0.655. The van der Waals surface area contributed by atoms with Crippen LogP contribution in [0.15, 0.2) is 5.10 Å². The fraction of sp³-hybridized carbons (Fsp3) is 0.846. The van der Waals surface area contributed by atoms with Gasteiger partial charge in [0, 0.05) is 0 Å². The Morgan fingerprint density at radius 1 is 1.33 bits per heavy atom. The van der Waals surface area contributed by atoms with Gasteiger partial charge in [0.1, 0.15) is 11.7 Å². The van der Waals surface area contributed by atoms with Crippen LogP contribution >= 0.6 is 0 Å². The second kappa shape index (κ2) is 5.06. The number of hydrogen-bond donors (Lipinski definition) is 0. The molecule has 5 nitrogen and oxygen atoms in total. The predicted molar refractivity (Wildman–Crippen MR) is 68.6 cm³/mol. The van der Waals surface area contributed by atoms with Gasteiger partial charge in [0.15, 0.2) is 0 Å². The lowest BCUT2D eigenvalue weighted by molar-refractivity contribution is -0.153. The average molecular weight is 308 g/mol. The van der Waals surface area contributed by atoms with Gasteiger partial charge in [-0.1, -0.05) is 6.92 Å². The minimum absolute atomic E-state index is 0.0539. The molecule has 0 N–H and O–H groups in total. The van der Waals surface area contributed by atoms with Crippen LogP contribution in [0.2, 0.25) is 0 Å². The molecule has 3 atom stereocenters. The van der Waals surface area contributed by atoms with Crippen molar-refractivity contribution >= 4 is 12.0 Å². The number of nitrogens with zero attached hydrogens (tertiary/aromatic N) is 2. The van der Waals surface area contributed by atoms with Gasteiger partial charge < -0.3 is 9.47 Å². The Bertz CT molecular complexity index is 457. The molecule has 1 saturated carbocycles. The molecular weight excluding hydrogens is 289 g/mol. The number of ether oxygens (including phenoxy) is 2. The molecule has 0 spiro atoms. The molecule has 0 saturated heterocycles. The molecule has 0 aromatic heterocycles. The van der Waals surface area contributed by atoms with E-state index in [2.05, 4.69) is 5.10 Å². The summed E-state index contributed by atoms with van der Waals surface area (Å²) >= 11 is 0. The van der Waals surface area contributed by atoms with Gasteiger partial charge in [-0.2, -0.15) is 18.2 Å². The van der Waals surface area contributed by atoms with E-state index in [1.807, 2.05) is 0 Å². The second-order valence-corrected chi connectivity index (χ2v) is 6.44. The summed E-state index contributed by atoms with van der Waals surface area (Å²) in [4.78, 5) is 11.8. The van der Waals surface area contributed by atoms with Crippen LogP contribution in [0, 0.1) is 11.8 Å². The van der Waals surface area contributed by atoms with Gasteiger partial charge in [0.05, 0.1) is 18.4 Å².